The predicted octanol–water partition coefficient (Wildman–Crippen LogP) is 3.09. The van der Waals surface area contributed by atoms with Crippen molar-refractivity contribution in [3.05, 3.63) is 64.7 Å². The molecule has 13 heteroatoms. The quantitative estimate of drug-likeness (QED) is 0.0670. The second kappa shape index (κ2) is 15.5. The minimum Gasteiger partial charge on any atom is -0.490 e. The lowest BCUT2D eigenvalue weighted by molar-refractivity contribution is -0.145. The average Bonchev–Trinajstić information content (AvgIpc) is 2.99. The molecule has 0 unspecified atom stereocenters. The van der Waals surface area contributed by atoms with E-state index < -0.39 is 39.9 Å². The third-order valence-electron chi connectivity index (χ3n) is 8.04. The van der Waals surface area contributed by atoms with Gasteiger partial charge in [-0.1, -0.05) is 24.8 Å². The first kappa shape index (κ1) is 36.4. The summed E-state index contributed by atoms with van der Waals surface area (Å²) in [7, 11) is -2.82. The van der Waals surface area contributed by atoms with Gasteiger partial charge in [-0.2, -0.15) is 0 Å². The summed E-state index contributed by atoms with van der Waals surface area (Å²) in [6.45, 7) is 13.6. The van der Waals surface area contributed by atoms with Gasteiger partial charge in [-0.25, -0.2) is 17.9 Å². The minimum atomic E-state index is -4.07. The van der Waals surface area contributed by atoms with Crippen molar-refractivity contribution in [1.29, 1.82) is 5.41 Å². The molecule has 0 spiro atoms. The van der Waals surface area contributed by atoms with Crippen molar-refractivity contribution in [3.63, 3.8) is 0 Å². The molecule has 0 fully saturated rings. The SMILES string of the molecule is C=CCOc1ccc(C[C@H](NC(=O)[C@H](N)CCCNC(=N)NS(=O)(=O)c2c(C)c(C)c3c(c2C)CCC(C)(C)O3)C(=O)OC)cc1. The van der Waals surface area contributed by atoms with Gasteiger partial charge in [0.15, 0.2) is 0 Å². The topological polar surface area (TPSA) is 182 Å². The number of hydrogen-bond acceptors (Lipinski definition) is 9. The Kier molecular flexibility index (Phi) is 12.2. The van der Waals surface area contributed by atoms with Crippen LogP contribution in [-0.2, 0) is 37.2 Å². The molecule has 46 heavy (non-hydrogen) atoms. The number of guanidine groups is 1. The van der Waals surface area contributed by atoms with E-state index in [4.69, 9.17) is 25.4 Å². The number of carbonyl (C=O) groups excluding carboxylic acids is 2. The third kappa shape index (κ3) is 9.23. The number of nitrogens with one attached hydrogen (secondary N) is 4. The fraction of sp³-hybridized carbons (Fsp3) is 0.485. The molecule has 0 aromatic heterocycles. The maximum absolute atomic E-state index is 13.4. The van der Waals surface area contributed by atoms with Crippen LogP contribution in [0.25, 0.3) is 0 Å². The molecule has 0 saturated heterocycles. The van der Waals surface area contributed by atoms with E-state index in [0.29, 0.717) is 36.3 Å². The van der Waals surface area contributed by atoms with Crippen molar-refractivity contribution in [2.75, 3.05) is 20.3 Å². The number of benzene rings is 2. The van der Waals surface area contributed by atoms with E-state index in [9.17, 15) is 18.0 Å². The van der Waals surface area contributed by atoms with Crippen molar-refractivity contribution in [2.24, 2.45) is 5.73 Å². The number of carbonyl (C=O) groups is 2. The molecule has 0 saturated carbocycles. The molecule has 1 aliphatic heterocycles. The molecule has 252 valence electrons. The highest BCUT2D eigenvalue weighted by atomic mass is 32.2. The molecule has 1 amide bonds. The third-order valence-corrected chi connectivity index (χ3v) is 9.66. The summed E-state index contributed by atoms with van der Waals surface area (Å²) in [5.74, 6) is -0.141. The lowest BCUT2D eigenvalue weighted by atomic mass is 9.88. The molecular weight excluding hydrogens is 610 g/mol. The van der Waals surface area contributed by atoms with Gasteiger partial charge in [0.25, 0.3) is 10.0 Å². The zero-order valence-electron chi connectivity index (χ0n) is 27.5. The van der Waals surface area contributed by atoms with E-state index in [0.717, 1.165) is 28.9 Å². The summed E-state index contributed by atoms with van der Waals surface area (Å²) < 4.78 is 45.7. The van der Waals surface area contributed by atoms with Crippen LogP contribution >= 0.6 is 0 Å². The Hall–Kier alpha value is -4.10. The summed E-state index contributed by atoms with van der Waals surface area (Å²) >= 11 is 0. The van der Waals surface area contributed by atoms with Crippen LogP contribution in [0.2, 0.25) is 0 Å². The average molecular weight is 658 g/mol. The molecule has 0 radical (unpaired) electrons. The van der Waals surface area contributed by atoms with Crippen LogP contribution in [0.15, 0.2) is 41.8 Å². The van der Waals surface area contributed by atoms with Gasteiger partial charge < -0.3 is 30.6 Å². The number of methoxy groups -OCH3 is 1. The van der Waals surface area contributed by atoms with Gasteiger partial charge >= 0.3 is 5.97 Å². The molecule has 1 heterocycles. The molecule has 3 rings (SSSR count). The lowest BCUT2D eigenvalue weighted by Gasteiger charge is -2.35. The van der Waals surface area contributed by atoms with Crippen LogP contribution in [0.4, 0.5) is 0 Å². The Morgan fingerprint density at radius 2 is 1.83 bits per heavy atom. The molecule has 2 atom stereocenters. The normalized spacial score (nSPS) is 14.9. The van der Waals surface area contributed by atoms with Gasteiger partial charge in [-0.05, 0) is 100 Å². The molecule has 0 aliphatic carbocycles. The van der Waals surface area contributed by atoms with E-state index >= 15 is 0 Å². The van der Waals surface area contributed by atoms with Gasteiger partial charge in [0, 0.05) is 13.0 Å². The lowest BCUT2D eigenvalue weighted by Crippen LogP contribution is -2.50. The summed E-state index contributed by atoms with van der Waals surface area (Å²) in [6, 6.07) is 5.22. The number of nitrogens with two attached hydrogens (primary N) is 1. The highest BCUT2D eigenvalue weighted by Gasteiger charge is 2.34. The molecule has 1 aliphatic rings. The first-order valence-electron chi connectivity index (χ1n) is 15.2. The standard InChI is InChI=1S/C33H47N5O7S/c1-8-18-44-24-13-11-23(12-14-24)19-27(31(40)43-7)37-30(39)26(34)10-9-17-36-32(35)38-46(41,42)29-21(3)20(2)28-25(22(29)4)15-16-33(5,6)45-28/h8,11-14,26-27H,1,9-10,15-19,34H2,2-7H3,(H,37,39)(H3,35,36,38)/t26-,27+/m1/s1. The molecule has 12 nitrogen and oxygen atoms in total. The second-order valence-corrected chi connectivity index (χ2v) is 13.7. The highest BCUT2D eigenvalue weighted by molar-refractivity contribution is 7.90. The Labute approximate surface area is 272 Å². The van der Waals surface area contributed by atoms with E-state index in [1.807, 2.05) is 20.8 Å². The van der Waals surface area contributed by atoms with Crippen LogP contribution in [0.5, 0.6) is 11.5 Å². The Bertz CT molecular complexity index is 1560. The van der Waals surface area contributed by atoms with Crippen molar-refractivity contribution in [2.45, 2.75) is 89.3 Å². The number of esters is 1. The Morgan fingerprint density at radius 1 is 1.15 bits per heavy atom. The summed E-state index contributed by atoms with van der Waals surface area (Å²) in [5.41, 5.74) is 9.37. The van der Waals surface area contributed by atoms with Crippen molar-refractivity contribution >= 4 is 27.9 Å². The molecule has 2 aromatic rings. The largest absolute Gasteiger partial charge is 0.490 e. The Balaban J connectivity index is 1.53. The van der Waals surface area contributed by atoms with Gasteiger partial charge in [0.1, 0.15) is 29.7 Å². The maximum atomic E-state index is 13.4. The molecule has 2 aromatic carbocycles. The van der Waals surface area contributed by atoms with Crippen molar-refractivity contribution in [1.82, 2.24) is 15.4 Å². The molecule has 0 bridgehead atoms. The van der Waals surface area contributed by atoms with Gasteiger partial charge in [-0.15, -0.1) is 0 Å². The minimum absolute atomic E-state index is 0.148. The number of rotatable bonds is 14. The fourth-order valence-corrected chi connectivity index (χ4v) is 6.89. The van der Waals surface area contributed by atoms with Gasteiger partial charge in [-0.3, -0.25) is 10.2 Å². The van der Waals surface area contributed by atoms with Gasteiger partial charge in [0.2, 0.25) is 11.9 Å². The predicted molar refractivity (Wildman–Crippen MR) is 177 cm³/mol. The molecular formula is C33H47N5O7S. The summed E-state index contributed by atoms with van der Waals surface area (Å²) in [4.78, 5) is 25.3. The van der Waals surface area contributed by atoms with Crippen molar-refractivity contribution in [3.8, 4) is 11.5 Å². The number of sulfonamides is 1. The number of amides is 1. The zero-order valence-corrected chi connectivity index (χ0v) is 28.4. The Morgan fingerprint density at radius 3 is 2.46 bits per heavy atom. The van der Waals surface area contributed by atoms with E-state index in [2.05, 4.69) is 21.9 Å². The summed E-state index contributed by atoms with van der Waals surface area (Å²) in [6.07, 6.45) is 3.87. The number of ether oxygens (including phenoxy) is 3. The first-order chi connectivity index (χ1) is 21.6. The van der Waals surface area contributed by atoms with Gasteiger partial charge in [0.05, 0.1) is 18.0 Å². The van der Waals surface area contributed by atoms with Crippen LogP contribution in [0.1, 0.15) is 60.9 Å². The first-order valence-corrected chi connectivity index (χ1v) is 16.7. The zero-order chi connectivity index (χ0) is 34.2. The van der Waals surface area contributed by atoms with Crippen molar-refractivity contribution < 1.29 is 32.2 Å². The van der Waals surface area contributed by atoms with E-state index in [-0.39, 0.29) is 29.9 Å². The highest BCUT2D eigenvalue weighted by Crippen LogP contribution is 2.42. The monoisotopic (exact) mass is 657 g/mol. The van der Waals surface area contributed by atoms with Crippen LogP contribution in [-0.4, -0.2) is 64.2 Å². The smallest absolute Gasteiger partial charge is 0.328 e. The summed E-state index contributed by atoms with van der Waals surface area (Å²) in [5, 5.41) is 13.6. The second-order valence-electron chi connectivity index (χ2n) is 12.1. The van der Waals surface area contributed by atoms with Crippen LogP contribution in [0, 0.1) is 26.2 Å². The van der Waals surface area contributed by atoms with Crippen LogP contribution < -0.4 is 30.6 Å². The fourth-order valence-electron chi connectivity index (χ4n) is 5.37. The maximum Gasteiger partial charge on any atom is 0.328 e. The van der Waals surface area contributed by atoms with Crippen LogP contribution in [0.3, 0.4) is 0 Å². The number of fused-ring (bicyclic) bond motifs is 1. The molecule has 6 N–H and O–H groups in total. The van der Waals surface area contributed by atoms with E-state index in [1.54, 1.807) is 44.2 Å². The van der Waals surface area contributed by atoms with E-state index in [1.165, 1.54) is 7.11 Å². The number of hydrogen-bond donors (Lipinski definition) is 5.